The van der Waals surface area contributed by atoms with Gasteiger partial charge < -0.3 is 9.47 Å². The molecule has 1 N–H and O–H groups in total. The Morgan fingerprint density at radius 3 is 2.77 bits per heavy atom. The van der Waals surface area contributed by atoms with Gasteiger partial charge in [0, 0.05) is 10.0 Å². The van der Waals surface area contributed by atoms with Crippen LogP contribution in [0.2, 0.25) is 0 Å². The van der Waals surface area contributed by atoms with E-state index >= 15 is 0 Å². The first kappa shape index (κ1) is 16.0. The lowest BCUT2D eigenvalue weighted by atomic mass is 10.2. The zero-order valence-corrected chi connectivity index (χ0v) is 13.5. The SMILES string of the molecule is COC(=O)N/N=C\c1cc(Br)ccc1OCc1ccccc1. The maximum Gasteiger partial charge on any atom is 0.427 e. The standard InChI is InChI=1S/C16H15BrN2O3/c1-21-16(20)19-18-10-13-9-14(17)7-8-15(13)22-11-12-5-3-2-4-6-12/h2-10H,11H2,1H3,(H,19,20)/b18-10-. The van der Waals surface area contributed by atoms with Gasteiger partial charge in [-0.15, -0.1) is 0 Å². The zero-order valence-electron chi connectivity index (χ0n) is 12.0. The highest BCUT2D eigenvalue weighted by Crippen LogP contribution is 2.22. The number of hydrogen-bond acceptors (Lipinski definition) is 4. The molecule has 0 heterocycles. The second-order valence-corrected chi connectivity index (χ2v) is 5.23. The molecule has 0 atom stereocenters. The van der Waals surface area contributed by atoms with E-state index in [9.17, 15) is 4.79 Å². The highest BCUT2D eigenvalue weighted by atomic mass is 79.9. The molecule has 22 heavy (non-hydrogen) atoms. The van der Waals surface area contributed by atoms with Crippen LogP contribution in [0, 0.1) is 0 Å². The van der Waals surface area contributed by atoms with E-state index in [4.69, 9.17) is 4.74 Å². The summed E-state index contributed by atoms with van der Waals surface area (Å²) >= 11 is 3.40. The van der Waals surface area contributed by atoms with Crippen molar-refractivity contribution in [3.63, 3.8) is 0 Å². The molecule has 0 spiro atoms. The summed E-state index contributed by atoms with van der Waals surface area (Å²) in [7, 11) is 1.28. The number of hydrazone groups is 1. The van der Waals surface area contributed by atoms with Gasteiger partial charge in [0.05, 0.1) is 13.3 Å². The molecule has 0 aliphatic rings. The molecule has 5 nitrogen and oxygen atoms in total. The van der Waals surface area contributed by atoms with Gasteiger partial charge in [0.15, 0.2) is 0 Å². The van der Waals surface area contributed by atoms with Crippen molar-refractivity contribution in [2.45, 2.75) is 6.61 Å². The van der Waals surface area contributed by atoms with Crippen LogP contribution in [0.25, 0.3) is 0 Å². The third-order valence-electron chi connectivity index (χ3n) is 2.75. The molecular formula is C16H15BrN2O3. The first-order chi connectivity index (χ1) is 10.7. The number of hydrogen-bond donors (Lipinski definition) is 1. The first-order valence-corrected chi connectivity index (χ1v) is 7.31. The number of rotatable bonds is 5. The van der Waals surface area contributed by atoms with E-state index in [0.717, 1.165) is 15.6 Å². The summed E-state index contributed by atoms with van der Waals surface area (Å²) in [6, 6.07) is 15.4. The lowest BCUT2D eigenvalue weighted by Crippen LogP contribution is -2.16. The first-order valence-electron chi connectivity index (χ1n) is 6.52. The second-order valence-electron chi connectivity index (χ2n) is 4.32. The summed E-state index contributed by atoms with van der Waals surface area (Å²) in [6.45, 7) is 0.452. The van der Waals surface area contributed by atoms with Crippen molar-refractivity contribution in [2.75, 3.05) is 7.11 Å². The summed E-state index contributed by atoms with van der Waals surface area (Å²) < 4.78 is 11.1. The van der Waals surface area contributed by atoms with Crippen molar-refractivity contribution in [1.29, 1.82) is 0 Å². The highest BCUT2D eigenvalue weighted by molar-refractivity contribution is 9.10. The Labute approximate surface area is 137 Å². The van der Waals surface area contributed by atoms with Crippen LogP contribution in [-0.2, 0) is 11.3 Å². The average molecular weight is 363 g/mol. The molecule has 0 saturated carbocycles. The van der Waals surface area contributed by atoms with Gasteiger partial charge in [-0.25, -0.2) is 10.2 Å². The summed E-state index contributed by atoms with van der Waals surface area (Å²) in [4.78, 5) is 11.0. The molecule has 0 aliphatic heterocycles. The maximum atomic E-state index is 11.0. The molecule has 114 valence electrons. The highest BCUT2D eigenvalue weighted by Gasteiger charge is 2.04. The van der Waals surface area contributed by atoms with Crippen LogP contribution in [0.3, 0.4) is 0 Å². The molecule has 0 bridgehead atoms. The van der Waals surface area contributed by atoms with Gasteiger partial charge in [-0.1, -0.05) is 46.3 Å². The molecule has 0 unspecified atom stereocenters. The summed E-state index contributed by atoms with van der Waals surface area (Å²) in [5.74, 6) is 0.669. The van der Waals surface area contributed by atoms with Crippen LogP contribution in [0.4, 0.5) is 4.79 Å². The van der Waals surface area contributed by atoms with Crippen molar-refractivity contribution in [3.05, 3.63) is 64.1 Å². The van der Waals surface area contributed by atoms with Crippen molar-refractivity contribution < 1.29 is 14.3 Å². The second kappa shape index (κ2) is 8.19. The van der Waals surface area contributed by atoms with E-state index in [1.54, 1.807) is 0 Å². The Balaban J connectivity index is 2.08. The Hall–Kier alpha value is -2.34. The van der Waals surface area contributed by atoms with Crippen LogP contribution in [0.5, 0.6) is 5.75 Å². The quantitative estimate of drug-likeness (QED) is 0.651. The number of carbonyl (C=O) groups excluding carboxylic acids is 1. The minimum atomic E-state index is -0.627. The average Bonchev–Trinajstić information content (AvgIpc) is 2.55. The van der Waals surface area contributed by atoms with Gasteiger partial charge >= 0.3 is 6.09 Å². The number of carbonyl (C=O) groups is 1. The lowest BCUT2D eigenvalue weighted by molar-refractivity contribution is 0.171. The van der Waals surface area contributed by atoms with Crippen molar-refractivity contribution in [1.82, 2.24) is 5.43 Å². The fraction of sp³-hybridized carbons (Fsp3) is 0.125. The number of ether oxygens (including phenoxy) is 2. The van der Waals surface area contributed by atoms with Crippen molar-refractivity contribution in [3.8, 4) is 5.75 Å². The molecule has 0 radical (unpaired) electrons. The van der Waals surface area contributed by atoms with Gasteiger partial charge in [-0.05, 0) is 23.8 Å². The topological polar surface area (TPSA) is 59.9 Å². The molecule has 2 aromatic carbocycles. The predicted molar refractivity (Wildman–Crippen MR) is 88.1 cm³/mol. The summed E-state index contributed by atoms with van der Waals surface area (Å²) in [6.07, 6.45) is 0.875. The minimum absolute atomic E-state index is 0.452. The monoisotopic (exact) mass is 362 g/mol. The van der Waals surface area contributed by atoms with Crippen LogP contribution in [0.1, 0.15) is 11.1 Å². The van der Waals surface area contributed by atoms with Crippen molar-refractivity contribution >= 4 is 28.2 Å². The van der Waals surface area contributed by atoms with E-state index in [2.05, 4.69) is 31.2 Å². The van der Waals surface area contributed by atoms with Crippen LogP contribution in [-0.4, -0.2) is 19.4 Å². The Morgan fingerprint density at radius 2 is 2.05 bits per heavy atom. The molecule has 6 heteroatoms. The Bertz CT molecular complexity index is 660. The van der Waals surface area contributed by atoms with E-state index < -0.39 is 6.09 Å². The maximum absolute atomic E-state index is 11.0. The van der Waals surface area contributed by atoms with Gasteiger partial charge in [0.1, 0.15) is 12.4 Å². The largest absolute Gasteiger partial charge is 0.488 e. The van der Waals surface area contributed by atoms with Crippen LogP contribution >= 0.6 is 15.9 Å². The van der Waals surface area contributed by atoms with Crippen LogP contribution < -0.4 is 10.2 Å². The van der Waals surface area contributed by atoms with E-state index in [-0.39, 0.29) is 0 Å². The zero-order chi connectivity index (χ0) is 15.8. The summed E-state index contributed by atoms with van der Waals surface area (Å²) in [5.41, 5.74) is 4.05. The number of amides is 1. The number of nitrogens with one attached hydrogen (secondary N) is 1. The predicted octanol–water partition coefficient (Wildman–Crippen LogP) is 3.72. The van der Waals surface area contributed by atoms with Crippen molar-refractivity contribution in [2.24, 2.45) is 5.10 Å². The molecule has 2 rings (SSSR count). The lowest BCUT2D eigenvalue weighted by Gasteiger charge is -2.09. The molecule has 0 fully saturated rings. The minimum Gasteiger partial charge on any atom is -0.488 e. The number of nitrogens with zero attached hydrogens (tertiary/aromatic N) is 1. The van der Waals surface area contributed by atoms with Gasteiger partial charge in [-0.3, -0.25) is 0 Å². The fourth-order valence-electron chi connectivity index (χ4n) is 1.69. The smallest absolute Gasteiger partial charge is 0.427 e. The Morgan fingerprint density at radius 1 is 1.27 bits per heavy atom. The van der Waals surface area contributed by atoms with E-state index in [1.165, 1.54) is 13.3 Å². The van der Waals surface area contributed by atoms with Crippen LogP contribution in [0.15, 0.2) is 58.1 Å². The molecule has 0 aliphatic carbocycles. The fourth-order valence-corrected chi connectivity index (χ4v) is 2.07. The van der Waals surface area contributed by atoms with E-state index in [0.29, 0.717) is 12.4 Å². The number of halogens is 1. The number of methoxy groups -OCH3 is 1. The van der Waals surface area contributed by atoms with Gasteiger partial charge in [0.2, 0.25) is 0 Å². The molecule has 2 aromatic rings. The third-order valence-corrected chi connectivity index (χ3v) is 3.25. The number of benzene rings is 2. The van der Waals surface area contributed by atoms with Gasteiger partial charge in [-0.2, -0.15) is 5.10 Å². The summed E-state index contributed by atoms with van der Waals surface area (Å²) in [5, 5.41) is 3.82. The van der Waals surface area contributed by atoms with E-state index in [1.807, 2.05) is 48.5 Å². The molecule has 1 amide bonds. The molecule has 0 aromatic heterocycles. The molecule has 0 saturated heterocycles. The third kappa shape index (κ3) is 4.89. The van der Waals surface area contributed by atoms with Gasteiger partial charge in [0.25, 0.3) is 0 Å². The Kier molecular flexibility index (Phi) is 5.97. The molecular weight excluding hydrogens is 348 g/mol. The normalized spacial score (nSPS) is 10.5.